The number of likely N-dealkylation sites (tertiary alicyclic amines) is 1. The molecular weight excluding hydrogens is 236 g/mol. The largest absolute Gasteiger partial charge is 0.399 e. The average Bonchev–Trinajstić information content (AvgIpc) is 2.47. The molecule has 1 aromatic carbocycles. The van der Waals surface area contributed by atoms with E-state index in [9.17, 15) is 4.79 Å². The molecule has 1 amide bonds. The molecule has 0 unspecified atom stereocenters. The minimum atomic E-state index is 0.191. The van der Waals surface area contributed by atoms with Crippen LogP contribution in [0.1, 0.15) is 48.9 Å². The number of amides is 1. The molecule has 2 atom stereocenters. The van der Waals surface area contributed by atoms with Crippen molar-refractivity contribution in [2.75, 3.05) is 12.3 Å². The number of hydrogen-bond donors (Lipinski definition) is 1. The van der Waals surface area contributed by atoms with Crippen LogP contribution in [0.25, 0.3) is 0 Å². The summed E-state index contributed by atoms with van der Waals surface area (Å²) in [6.45, 7) is 0.921. The van der Waals surface area contributed by atoms with Crippen LogP contribution in [-0.2, 0) is 0 Å². The minimum absolute atomic E-state index is 0.191. The molecule has 3 heteroatoms. The van der Waals surface area contributed by atoms with Crippen molar-refractivity contribution < 1.29 is 4.79 Å². The Balaban J connectivity index is 1.79. The third kappa shape index (κ3) is 2.46. The van der Waals surface area contributed by atoms with Crippen molar-refractivity contribution >= 4 is 11.6 Å². The van der Waals surface area contributed by atoms with Gasteiger partial charge in [-0.1, -0.05) is 12.8 Å². The fourth-order valence-corrected chi connectivity index (χ4v) is 3.67. The van der Waals surface area contributed by atoms with Gasteiger partial charge in [0.2, 0.25) is 0 Å². The second-order valence-corrected chi connectivity index (χ2v) is 5.87. The van der Waals surface area contributed by atoms with Crippen molar-refractivity contribution in [3.63, 3.8) is 0 Å². The highest BCUT2D eigenvalue weighted by molar-refractivity contribution is 5.94. The first-order valence-corrected chi connectivity index (χ1v) is 7.42. The molecule has 0 bridgehead atoms. The molecule has 1 aliphatic heterocycles. The standard InChI is InChI=1S/C16H22N2O/c17-14-9-7-13(8-10-14)16(19)18-11-3-5-12-4-1-2-6-15(12)18/h7-10,12,15H,1-6,11,17H2/t12-,15+/m0/s1. The Morgan fingerprint density at radius 2 is 1.74 bits per heavy atom. The number of nitrogen functional groups attached to an aromatic ring is 1. The number of carbonyl (C=O) groups excluding carboxylic acids is 1. The molecular formula is C16H22N2O. The molecule has 2 aliphatic rings. The lowest BCUT2D eigenvalue weighted by molar-refractivity contribution is 0.0391. The van der Waals surface area contributed by atoms with Gasteiger partial charge in [-0.2, -0.15) is 0 Å². The second kappa shape index (κ2) is 5.24. The molecule has 2 N–H and O–H groups in total. The van der Waals surface area contributed by atoms with E-state index in [1.54, 1.807) is 0 Å². The SMILES string of the molecule is Nc1ccc(C(=O)N2CCC[C@@H]3CCCC[C@H]32)cc1. The summed E-state index contributed by atoms with van der Waals surface area (Å²) in [6, 6.07) is 7.81. The predicted octanol–water partition coefficient (Wildman–Crippen LogP) is 3.06. The van der Waals surface area contributed by atoms with Gasteiger partial charge < -0.3 is 10.6 Å². The normalized spacial score (nSPS) is 26.8. The number of benzene rings is 1. The van der Waals surface area contributed by atoms with Crippen LogP contribution >= 0.6 is 0 Å². The zero-order valence-corrected chi connectivity index (χ0v) is 11.3. The van der Waals surface area contributed by atoms with Gasteiger partial charge in [-0.25, -0.2) is 0 Å². The fourth-order valence-electron chi connectivity index (χ4n) is 3.67. The second-order valence-electron chi connectivity index (χ2n) is 5.87. The number of hydrogen-bond acceptors (Lipinski definition) is 2. The predicted molar refractivity (Wildman–Crippen MR) is 76.9 cm³/mol. The molecule has 1 saturated heterocycles. The van der Waals surface area contributed by atoms with E-state index in [1.807, 2.05) is 24.3 Å². The maximum absolute atomic E-state index is 12.7. The Kier molecular flexibility index (Phi) is 3.45. The van der Waals surface area contributed by atoms with Crippen molar-refractivity contribution in [1.82, 2.24) is 4.90 Å². The maximum atomic E-state index is 12.7. The molecule has 1 heterocycles. The first-order valence-electron chi connectivity index (χ1n) is 7.42. The number of carbonyl (C=O) groups is 1. The quantitative estimate of drug-likeness (QED) is 0.787. The Labute approximate surface area is 114 Å². The third-order valence-electron chi connectivity index (χ3n) is 4.66. The van der Waals surface area contributed by atoms with E-state index in [4.69, 9.17) is 5.73 Å². The molecule has 2 fully saturated rings. The molecule has 1 aliphatic carbocycles. The molecule has 3 nitrogen and oxygen atoms in total. The van der Waals surface area contributed by atoms with Crippen LogP contribution in [0, 0.1) is 5.92 Å². The Bertz CT molecular complexity index is 452. The third-order valence-corrected chi connectivity index (χ3v) is 4.66. The number of nitrogens with zero attached hydrogens (tertiary/aromatic N) is 1. The highest BCUT2D eigenvalue weighted by Crippen LogP contribution is 2.35. The maximum Gasteiger partial charge on any atom is 0.254 e. The highest BCUT2D eigenvalue weighted by Gasteiger charge is 2.35. The van der Waals surface area contributed by atoms with Gasteiger partial charge in [0.05, 0.1) is 0 Å². The van der Waals surface area contributed by atoms with Crippen molar-refractivity contribution in [3.8, 4) is 0 Å². The van der Waals surface area contributed by atoms with Crippen molar-refractivity contribution in [3.05, 3.63) is 29.8 Å². The van der Waals surface area contributed by atoms with E-state index in [1.165, 1.54) is 32.1 Å². The van der Waals surface area contributed by atoms with Gasteiger partial charge in [0.25, 0.3) is 5.91 Å². The highest BCUT2D eigenvalue weighted by atomic mass is 16.2. The molecule has 19 heavy (non-hydrogen) atoms. The zero-order chi connectivity index (χ0) is 13.2. The Morgan fingerprint density at radius 1 is 1.05 bits per heavy atom. The van der Waals surface area contributed by atoms with Gasteiger partial charge >= 0.3 is 0 Å². The summed E-state index contributed by atoms with van der Waals surface area (Å²) in [7, 11) is 0. The molecule has 0 aromatic heterocycles. The van der Waals surface area contributed by atoms with Crippen molar-refractivity contribution in [2.24, 2.45) is 5.92 Å². The first kappa shape index (κ1) is 12.5. The first-order chi connectivity index (χ1) is 9.25. The Morgan fingerprint density at radius 3 is 2.53 bits per heavy atom. The number of nitrogens with two attached hydrogens (primary N) is 1. The van der Waals surface area contributed by atoms with E-state index < -0.39 is 0 Å². The van der Waals surface area contributed by atoms with E-state index in [0.29, 0.717) is 11.7 Å². The van der Waals surface area contributed by atoms with E-state index in [2.05, 4.69) is 4.90 Å². The van der Waals surface area contributed by atoms with Gasteiger partial charge in [-0.05, 0) is 55.9 Å². The average molecular weight is 258 g/mol. The van der Waals surface area contributed by atoms with Gasteiger partial charge in [0, 0.05) is 23.8 Å². The monoisotopic (exact) mass is 258 g/mol. The number of piperidine rings is 1. The lowest BCUT2D eigenvalue weighted by atomic mass is 9.78. The summed E-state index contributed by atoms with van der Waals surface area (Å²) in [6.07, 6.45) is 7.55. The van der Waals surface area contributed by atoms with Gasteiger partial charge in [0.15, 0.2) is 0 Å². The molecule has 1 aromatic rings. The van der Waals surface area contributed by atoms with Crippen LogP contribution in [0.15, 0.2) is 24.3 Å². The van der Waals surface area contributed by atoms with Crippen LogP contribution in [0.5, 0.6) is 0 Å². The number of fused-ring (bicyclic) bond motifs is 1. The lowest BCUT2D eigenvalue weighted by Crippen LogP contribution is -2.49. The van der Waals surface area contributed by atoms with E-state index in [0.717, 1.165) is 24.4 Å². The molecule has 0 radical (unpaired) electrons. The van der Waals surface area contributed by atoms with Crippen LogP contribution in [-0.4, -0.2) is 23.4 Å². The summed E-state index contributed by atoms with van der Waals surface area (Å²) >= 11 is 0. The van der Waals surface area contributed by atoms with E-state index >= 15 is 0 Å². The molecule has 1 saturated carbocycles. The van der Waals surface area contributed by atoms with Gasteiger partial charge in [-0.3, -0.25) is 4.79 Å². The van der Waals surface area contributed by atoms with Crippen LogP contribution in [0.4, 0.5) is 5.69 Å². The van der Waals surface area contributed by atoms with Gasteiger partial charge in [0.1, 0.15) is 0 Å². The summed E-state index contributed by atoms with van der Waals surface area (Å²) in [4.78, 5) is 14.8. The number of rotatable bonds is 1. The summed E-state index contributed by atoms with van der Waals surface area (Å²) in [5, 5.41) is 0. The summed E-state index contributed by atoms with van der Waals surface area (Å²) < 4.78 is 0. The topological polar surface area (TPSA) is 46.3 Å². The van der Waals surface area contributed by atoms with Crippen LogP contribution in [0.3, 0.4) is 0 Å². The van der Waals surface area contributed by atoms with Crippen LogP contribution in [0.2, 0.25) is 0 Å². The molecule has 102 valence electrons. The minimum Gasteiger partial charge on any atom is -0.399 e. The van der Waals surface area contributed by atoms with Crippen molar-refractivity contribution in [1.29, 1.82) is 0 Å². The van der Waals surface area contributed by atoms with Crippen LogP contribution < -0.4 is 5.73 Å². The summed E-state index contributed by atoms with van der Waals surface area (Å²) in [5.41, 5.74) is 7.18. The molecule has 0 spiro atoms. The van der Waals surface area contributed by atoms with E-state index in [-0.39, 0.29) is 5.91 Å². The van der Waals surface area contributed by atoms with Crippen molar-refractivity contribution in [2.45, 2.75) is 44.6 Å². The van der Waals surface area contributed by atoms with Gasteiger partial charge in [-0.15, -0.1) is 0 Å². The smallest absolute Gasteiger partial charge is 0.254 e. The molecule has 3 rings (SSSR count). The fraction of sp³-hybridized carbons (Fsp3) is 0.562. The summed E-state index contributed by atoms with van der Waals surface area (Å²) in [5.74, 6) is 0.928. The Hall–Kier alpha value is -1.51. The lowest BCUT2D eigenvalue weighted by Gasteiger charge is -2.44. The number of anilines is 1. The zero-order valence-electron chi connectivity index (χ0n) is 11.3.